The molecule has 5 aromatic rings. The molecule has 0 N–H and O–H groups in total. The van der Waals surface area contributed by atoms with Crippen LogP contribution in [-0.2, 0) is 36.0 Å². The van der Waals surface area contributed by atoms with Crippen molar-refractivity contribution in [2.75, 3.05) is 10.7 Å². The molecule has 3 aromatic heterocycles. The summed E-state index contributed by atoms with van der Waals surface area (Å²) in [6.45, 7) is -0.0928. The molecular weight excluding hydrogens is 567 g/mol. The Morgan fingerprint density at radius 3 is 2.62 bits per heavy atom. The molecule has 1 aliphatic rings. The zero-order valence-corrected chi connectivity index (χ0v) is 22.3. The Kier molecular flexibility index (Phi) is 6.07. The van der Waals surface area contributed by atoms with Gasteiger partial charge >= 0.3 is 6.18 Å². The molecule has 13 heteroatoms. The third-order valence-electron chi connectivity index (χ3n) is 6.90. The van der Waals surface area contributed by atoms with E-state index in [-0.39, 0.29) is 33.6 Å². The number of rotatable bonds is 4. The summed E-state index contributed by atoms with van der Waals surface area (Å²) in [5.41, 5.74) is 1.36. The van der Waals surface area contributed by atoms with E-state index in [4.69, 9.17) is 11.6 Å². The minimum Gasteiger partial charge on any atom is -0.303 e. The first kappa shape index (κ1) is 26.2. The lowest BCUT2D eigenvalue weighted by molar-refractivity contribution is -0.141. The fourth-order valence-electron chi connectivity index (χ4n) is 5.02. The molecule has 2 aromatic carbocycles. The molecule has 0 atom stereocenters. The molecule has 0 radical (unpaired) electrons. The maximum atomic E-state index is 13.8. The first-order valence-electron chi connectivity index (χ1n) is 12.0. The van der Waals surface area contributed by atoms with E-state index in [1.807, 2.05) is 6.07 Å². The average molecular weight is 586 g/mol. The van der Waals surface area contributed by atoms with E-state index < -0.39 is 27.6 Å². The zero-order chi connectivity index (χ0) is 28.4. The molecule has 40 heavy (non-hydrogen) atoms. The molecule has 204 valence electrons. The molecule has 8 nitrogen and oxygen atoms in total. The molecule has 6 rings (SSSR count). The summed E-state index contributed by atoms with van der Waals surface area (Å²) in [5, 5.41) is 5.96. The van der Waals surface area contributed by atoms with Gasteiger partial charge in [-0.3, -0.25) is 14.5 Å². The van der Waals surface area contributed by atoms with Gasteiger partial charge in [0.2, 0.25) is 0 Å². The average Bonchev–Trinajstić information content (AvgIpc) is 3.46. The van der Waals surface area contributed by atoms with Gasteiger partial charge in [-0.05, 0) is 41.8 Å². The molecule has 0 unspecified atom stereocenters. The normalized spacial score (nSPS) is 14.5. The first-order chi connectivity index (χ1) is 18.9. The highest BCUT2D eigenvalue weighted by molar-refractivity contribution is 7.91. The van der Waals surface area contributed by atoms with Gasteiger partial charge in [-0.15, -0.1) is 0 Å². The van der Waals surface area contributed by atoms with Gasteiger partial charge in [0.1, 0.15) is 10.8 Å². The van der Waals surface area contributed by atoms with E-state index in [0.717, 1.165) is 29.2 Å². The minimum atomic E-state index is -4.67. The van der Waals surface area contributed by atoms with Crippen molar-refractivity contribution in [2.45, 2.75) is 24.0 Å². The Morgan fingerprint density at radius 2 is 1.90 bits per heavy atom. The minimum absolute atomic E-state index is 0.0433. The van der Waals surface area contributed by atoms with E-state index in [2.05, 4.69) is 15.1 Å². The predicted molar refractivity (Wildman–Crippen MR) is 143 cm³/mol. The zero-order valence-electron chi connectivity index (χ0n) is 20.8. The molecule has 0 saturated heterocycles. The maximum absolute atomic E-state index is 13.8. The summed E-state index contributed by atoms with van der Waals surface area (Å²) in [7, 11) is -1.90. The van der Waals surface area contributed by atoms with Gasteiger partial charge in [-0.25, -0.2) is 13.4 Å². The van der Waals surface area contributed by atoms with Crippen molar-refractivity contribution in [1.82, 2.24) is 19.7 Å². The topological polar surface area (TPSA) is 98.1 Å². The summed E-state index contributed by atoms with van der Waals surface area (Å²) >= 11 is 6.39. The van der Waals surface area contributed by atoms with Crippen LogP contribution in [0.25, 0.3) is 21.8 Å². The fraction of sp³-hybridized carbons (Fsp3) is 0.185. The molecule has 1 aliphatic heterocycles. The lowest BCUT2D eigenvalue weighted by atomic mass is 10.1. The Labute approximate surface area is 230 Å². The maximum Gasteiger partial charge on any atom is 0.433 e. The number of carbonyl (C=O) groups is 1. The number of carbonyl (C=O) groups excluding carboxylic acids is 1. The Balaban J connectivity index is 1.48. The third kappa shape index (κ3) is 4.37. The van der Waals surface area contributed by atoms with Crippen LogP contribution in [0.15, 0.2) is 65.8 Å². The standard InChI is InChI=1S/C27H19ClF3N5O3S/c1-35-23-18-7-5-15(11-20(18)34-25(28)19(23)13-33-35)14-36(21-4-2-3-16-9-10-40(38,39)24(16)21)26(37)17-6-8-22(32-12-17)27(29,30)31/h2-8,11-13H,9-10,14H2,1H3. The molecule has 0 aliphatic carbocycles. The molecule has 0 spiro atoms. The second-order valence-corrected chi connectivity index (χ2v) is 11.8. The van der Waals surface area contributed by atoms with Crippen LogP contribution in [-0.4, -0.2) is 39.8 Å². The number of aromatic nitrogens is 4. The van der Waals surface area contributed by atoms with Gasteiger partial charge in [0, 0.05) is 18.6 Å². The van der Waals surface area contributed by atoms with Crippen molar-refractivity contribution in [2.24, 2.45) is 7.05 Å². The molecule has 0 bridgehead atoms. The number of nitrogens with zero attached hydrogens (tertiary/aromatic N) is 5. The fourth-order valence-corrected chi connectivity index (χ4v) is 7.01. The number of amides is 1. The van der Waals surface area contributed by atoms with Crippen LogP contribution in [0.4, 0.5) is 18.9 Å². The summed E-state index contributed by atoms with van der Waals surface area (Å²) < 4.78 is 66.9. The smallest absolute Gasteiger partial charge is 0.303 e. The lowest BCUT2D eigenvalue weighted by Crippen LogP contribution is -2.32. The van der Waals surface area contributed by atoms with Gasteiger partial charge in [0.15, 0.2) is 9.84 Å². The van der Waals surface area contributed by atoms with Crippen molar-refractivity contribution >= 4 is 54.8 Å². The van der Waals surface area contributed by atoms with E-state index in [1.54, 1.807) is 42.2 Å². The summed E-state index contributed by atoms with van der Waals surface area (Å²) in [4.78, 5) is 23.0. The van der Waals surface area contributed by atoms with Gasteiger partial charge < -0.3 is 4.90 Å². The largest absolute Gasteiger partial charge is 0.433 e. The second kappa shape index (κ2) is 9.27. The number of pyridine rings is 2. The summed E-state index contributed by atoms with van der Waals surface area (Å²) in [6.07, 6.45) is -1.91. The van der Waals surface area contributed by atoms with Gasteiger partial charge in [-0.1, -0.05) is 35.9 Å². The highest BCUT2D eigenvalue weighted by Crippen LogP contribution is 2.37. The number of hydrogen-bond acceptors (Lipinski definition) is 6. The molecule has 0 saturated carbocycles. The van der Waals surface area contributed by atoms with Crippen molar-refractivity contribution < 1.29 is 26.4 Å². The highest BCUT2D eigenvalue weighted by atomic mass is 35.5. The van der Waals surface area contributed by atoms with Crippen molar-refractivity contribution in [1.29, 1.82) is 0 Å². The molecule has 4 heterocycles. The van der Waals surface area contributed by atoms with Crippen LogP contribution in [0.3, 0.4) is 0 Å². The van der Waals surface area contributed by atoms with Gasteiger partial charge in [-0.2, -0.15) is 18.3 Å². The monoisotopic (exact) mass is 585 g/mol. The van der Waals surface area contributed by atoms with Crippen LogP contribution >= 0.6 is 11.6 Å². The van der Waals surface area contributed by atoms with E-state index in [9.17, 15) is 26.4 Å². The van der Waals surface area contributed by atoms with Crippen molar-refractivity contribution in [3.05, 3.63) is 88.5 Å². The van der Waals surface area contributed by atoms with Crippen LogP contribution in [0.2, 0.25) is 5.15 Å². The number of fused-ring (bicyclic) bond motifs is 4. The number of sulfone groups is 1. The first-order valence-corrected chi connectivity index (χ1v) is 14.1. The molecule has 1 amide bonds. The number of hydrogen-bond donors (Lipinski definition) is 0. The van der Waals surface area contributed by atoms with Crippen LogP contribution in [0.5, 0.6) is 0 Å². The predicted octanol–water partition coefficient (Wildman–Crippen LogP) is 5.37. The number of alkyl halides is 3. The highest BCUT2D eigenvalue weighted by Gasteiger charge is 2.35. The molecule has 0 fully saturated rings. The third-order valence-corrected chi connectivity index (χ3v) is 9.02. The number of aryl methyl sites for hydroxylation is 2. The number of anilines is 1. The summed E-state index contributed by atoms with van der Waals surface area (Å²) in [6, 6.07) is 11.9. The van der Waals surface area contributed by atoms with Gasteiger partial charge in [0.05, 0.1) is 51.1 Å². The lowest BCUT2D eigenvalue weighted by Gasteiger charge is -2.25. The van der Waals surface area contributed by atoms with Crippen LogP contribution in [0, 0.1) is 0 Å². The Hall–Kier alpha value is -4.03. The number of benzene rings is 2. The summed E-state index contributed by atoms with van der Waals surface area (Å²) in [5.74, 6) is -0.799. The quantitative estimate of drug-likeness (QED) is 0.263. The Bertz CT molecular complexity index is 1940. The van der Waals surface area contributed by atoms with Crippen LogP contribution in [0.1, 0.15) is 27.2 Å². The van der Waals surface area contributed by atoms with Gasteiger partial charge in [0.25, 0.3) is 5.91 Å². The Morgan fingerprint density at radius 1 is 1.10 bits per heavy atom. The van der Waals surface area contributed by atoms with Crippen LogP contribution < -0.4 is 4.90 Å². The van der Waals surface area contributed by atoms with E-state index in [0.29, 0.717) is 28.5 Å². The van der Waals surface area contributed by atoms with Crippen molar-refractivity contribution in [3.8, 4) is 0 Å². The second-order valence-electron chi connectivity index (χ2n) is 9.44. The molecular formula is C27H19ClF3N5O3S. The van der Waals surface area contributed by atoms with E-state index in [1.165, 1.54) is 11.0 Å². The van der Waals surface area contributed by atoms with E-state index >= 15 is 0 Å². The number of halogens is 4. The van der Waals surface area contributed by atoms with Crippen molar-refractivity contribution in [3.63, 3.8) is 0 Å². The SMILES string of the molecule is Cn1ncc2c(Cl)nc3cc(CN(C(=O)c4ccc(C(F)(F)F)nc4)c4cccc5c4S(=O)(=O)CC5)ccc3c21.